The Hall–Kier alpha value is -2.33. The quantitative estimate of drug-likeness (QED) is 0.625. The van der Waals surface area contributed by atoms with Gasteiger partial charge in [0.1, 0.15) is 5.82 Å². The smallest absolute Gasteiger partial charge is 0.285 e. The first-order valence-corrected chi connectivity index (χ1v) is 11.0. The van der Waals surface area contributed by atoms with Crippen LogP contribution in [0.15, 0.2) is 30.5 Å². The van der Waals surface area contributed by atoms with Crippen LogP contribution in [0.25, 0.3) is 0 Å². The highest BCUT2D eigenvalue weighted by Crippen LogP contribution is 2.25. The van der Waals surface area contributed by atoms with Crippen molar-refractivity contribution in [2.24, 2.45) is 0 Å². The topological polar surface area (TPSA) is 87.2 Å². The highest BCUT2D eigenvalue weighted by molar-refractivity contribution is 7.18. The molecule has 3 aromatic heterocycles. The van der Waals surface area contributed by atoms with E-state index in [4.69, 9.17) is 11.6 Å². The normalized spacial score (nSPS) is 13.7. The summed E-state index contributed by atoms with van der Waals surface area (Å²) in [7, 11) is 2.06. The molecule has 1 aliphatic rings. The maximum Gasteiger partial charge on any atom is 0.285 e. The number of carbonyl (C=O) groups excluding carboxylic acids is 2. The summed E-state index contributed by atoms with van der Waals surface area (Å²) in [5.41, 5.74) is 1.71. The predicted molar refractivity (Wildman–Crippen MR) is 115 cm³/mol. The molecular formula is C19H18ClN5O2S2. The molecule has 2 amide bonds. The van der Waals surface area contributed by atoms with E-state index in [0.29, 0.717) is 25.6 Å². The Labute approximate surface area is 180 Å². The Kier molecular flexibility index (Phi) is 5.91. The van der Waals surface area contributed by atoms with Crippen LogP contribution in [0.2, 0.25) is 4.34 Å². The number of hydrogen-bond acceptors (Lipinski definition) is 7. The highest BCUT2D eigenvalue weighted by atomic mass is 35.5. The molecule has 1 aliphatic heterocycles. The van der Waals surface area contributed by atoms with Gasteiger partial charge < -0.3 is 15.5 Å². The van der Waals surface area contributed by atoms with Crippen LogP contribution in [0.1, 0.15) is 35.6 Å². The second-order valence-corrected chi connectivity index (χ2v) is 9.43. The number of pyridine rings is 1. The van der Waals surface area contributed by atoms with Gasteiger partial charge in [0.25, 0.3) is 11.8 Å². The van der Waals surface area contributed by atoms with Crippen molar-refractivity contribution in [1.29, 1.82) is 0 Å². The fraction of sp³-hybridized carbons (Fsp3) is 0.263. The SMILES string of the molecule is CN1CCc2nc(C(=O)Nc3ncccc3CNC(=O)c3ccc(Cl)s3)sc2C1. The molecule has 4 rings (SSSR count). The first kappa shape index (κ1) is 20.0. The maximum atomic E-state index is 12.7. The lowest BCUT2D eigenvalue weighted by atomic mass is 10.2. The van der Waals surface area contributed by atoms with E-state index in [1.165, 1.54) is 22.7 Å². The molecule has 150 valence electrons. The van der Waals surface area contributed by atoms with Gasteiger partial charge in [-0.1, -0.05) is 17.7 Å². The summed E-state index contributed by atoms with van der Waals surface area (Å²) in [6.45, 7) is 1.99. The van der Waals surface area contributed by atoms with Crippen molar-refractivity contribution in [2.75, 3.05) is 18.9 Å². The minimum Gasteiger partial charge on any atom is -0.347 e. The fourth-order valence-corrected chi connectivity index (χ4v) is 5.02. The Balaban J connectivity index is 1.44. The average Bonchev–Trinajstić information content (AvgIpc) is 3.33. The first-order chi connectivity index (χ1) is 14.0. The lowest BCUT2D eigenvalue weighted by Crippen LogP contribution is -2.25. The molecule has 0 bridgehead atoms. The summed E-state index contributed by atoms with van der Waals surface area (Å²) in [4.78, 5) is 37.6. The molecule has 3 aromatic rings. The van der Waals surface area contributed by atoms with Crippen LogP contribution >= 0.6 is 34.3 Å². The molecule has 0 radical (unpaired) electrons. The molecule has 4 heterocycles. The van der Waals surface area contributed by atoms with Gasteiger partial charge in [-0.2, -0.15) is 0 Å². The van der Waals surface area contributed by atoms with E-state index >= 15 is 0 Å². The van der Waals surface area contributed by atoms with Gasteiger partial charge in [0.05, 0.1) is 14.9 Å². The van der Waals surface area contributed by atoms with Gasteiger partial charge in [-0.25, -0.2) is 9.97 Å². The monoisotopic (exact) mass is 447 g/mol. The van der Waals surface area contributed by atoms with Crippen LogP contribution in [-0.4, -0.2) is 40.3 Å². The second-order valence-electron chi connectivity index (χ2n) is 6.63. The first-order valence-electron chi connectivity index (χ1n) is 8.95. The van der Waals surface area contributed by atoms with Crippen molar-refractivity contribution in [3.63, 3.8) is 0 Å². The van der Waals surface area contributed by atoms with Crippen molar-refractivity contribution < 1.29 is 9.59 Å². The standard InChI is InChI=1S/C19H18ClN5O2S2/c1-25-8-6-12-14(10-25)29-19(23-12)18(27)24-16-11(3-2-7-21-16)9-22-17(26)13-4-5-15(20)28-13/h2-5,7H,6,8-10H2,1H3,(H,22,26)(H,21,24,27). The minimum absolute atomic E-state index is 0.222. The molecule has 0 saturated carbocycles. The number of fused-ring (bicyclic) bond motifs is 1. The fourth-order valence-electron chi connectivity index (χ4n) is 2.97. The van der Waals surface area contributed by atoms with Crippen LogP contribution in [0, 0.1) is 0 Å². The summed E-state index contributed by atoms with van der Waals surface area (Å²) >= 11 is 8.51. The minimum atomic E-state index is -0.289. The largest absolute Gasteiger partial charge is 0.347 e. The summed E-state index contributed by atoms with van der Waals surface area (Å²) in [5.74, 6) is -0.101. The van der Waals surface area contributed by atoms with Gasteiger partial charge in [-0.15, -0.1) is 22.7 Å². The Bertz CT molecular complexity index is 1060. The van der Waals surface area contributed by atoms with E-state index < -0.39 is 0 Å². The molecule has 0 aliphatic carbocycles. The van der Waals surface area contributed by atoms with E-state index in [2.05, 4.69) is 32.5 Å². The number of amides is 2. The van der Waals surface area contributed by atoms with Crippen molar-refractivity contribution in [1.82, 2.24) is 20.2 Å². The zero-order valence-electron chi connectivity index (χ0n) is 15.6. The number of carbonyl (C=O) groups is 2. The molecule has 0 saturated heterocycles. The number of thiophene rings is 1. The van der Waals surface area contributed by atoms with Gasteiger partial charge in [-0.05, 0) is 25.2 Å². The number of nitrogens with zero attached hydrogens (tertiary/aromatic N) is 3. The molecule has 0 aromatic carbocycles. The van der Waals surface area contributed by atoms with Crippen molar-refractivity contribution in [3.05, 3.63) is 60.8 Å². The zero-order chi connectivity index (χ0) is 20.4. The molecular weight excluding hydrogens is 430 g/mol. The number of halogens is 1. The number of hydrogen-bond donors (Lipinski definition) is 2. The summed E-state index contributed by atoms with van der Waals surface area (Å²) < 4.78 is 0.557. The van der Waals surface area contributed by atoms with Crippen molar-refractivity contribution >= 4 is 51.9 Å². The van der Waals surface area contributed by atoms with Gasteiger partial charge >= 0.3 is 0 Å². The summed E-state index contributed by atoms with van der Waals surface area (Å²) in [6.07, 6.45) is 2.45. The Morgan fingerprint density at radius 3 is 2.90 bits per heavy atom. The van der Waals surface area contributed by atoms with Gasteiger partial charge in [-0.3, -0.25) is 9.59 Å². The average molecular weight is 448 g/mol. The Morgan fingerprint density at radius 1 is 1.24 bits per heavy atom. The summed E-state index contributed by atoms with van der Waals surface area (Å²) in [5, 5.41) is 6.09. The Morgan fingerprint density at radius 2 is 2.10 bits per heavy atom. The number of thiazole rings is 1. The van der Waals surface area contributed by atoms with E-state index in [1.807, 2.05) is 6.07 Å². The molecule has 0 atom stereocenters. The molecule has 10 heteroatoms. The van der Waals surface area contributed by atoms with Crippen molar-refractivity contribution in [2.45, 2.75) is 19.5 Å². The van der Waals surface area contributed by atoms with E-state index in [0.717, 1.165) is 30.1 Å². The number of aromatic nitrogens is 2. The second kappa shape index (κ2) is 8.58. The molecule has 0 spiro atoms. The lowest BCUT2D eigenvalue weighted by molar-refractivity contribution is 0.0954. The highest BCUT2D eigenvalue weighted by Gasteiger charge is 2.22. The van der Waals surface area contributed by atoms with Crippen molar-refractivity contribution in [3.8, 4) is 0 Å². The van der Waals surface area contributed by atoms with E-state index in [1.54, 1.807) is 24.4 Å². The number of likely N-dealkylation sites (N-methyl/N-ethyl adjacent to an activating group) is 1. The maximum absolute atomic E-state index is 12.7. The third-order valence-corrected chi connectivity index (χ3v) is 6.79. The molecule has 7 nitrogen and oxygen atoms in total. The van der Waals surface area contributed by atoms with Gasteiger partial charge in [0.2, 0.25) is 0 Å². The predicted octanol–water partition coefficient (Wildman–Crippen LogP) is 3.42. The van der Waals surface area contributed by atoms with E-state index in [-0.39, 0.29) is 18.4 Å². The molecule has 2 N–H and O–H groups in total. The third kappa shape index (κ3) is 4.64. The van der Waals surface area contributed by atoms with Crippen LogP contribution in [-0.2, 0) is 19.5 Å². The van der Waals surface area contributed by atoms with Gasteiger partial charge in [0.15, 0.2) is 5.01 Å². The van der Waals surface area contributed by atoms with Crippen LogP contribution in [0.4, 0.5) is 5.82 Å². The number of anilines is 1. The van der Waals surface area contributed by atoms with Gasteiger partial charge in [0, 0.05) is 42.7 Å². The molecule has 29 heavy (non-hydrogen) atoms. The van der Waals surface area contributed by atoms with Crippen LogP contribution in [0.5, 0.6) is 0 Å². The number of rotatable bonds is 5. The lowest BCUT2D eigenvalue weighted by Gasteiger charge is -2.20. The molecule has 0 unspecified atom stereocenters. The van der Waals surface area contributed by atoms with Crippen LogP contribution in [0.3, 0.4) is 0 Å². The van der Waals surface area contributed by atoms with Crippen LogP contribution < -0.4 is 10.6 Å². The summed E-state index contributed by atoms with van der Waals surface area (Å²) in [6, 6.07) is 6.93. The third-order valence-electron chi connectivity index (χ3n) is 4.48. The zero-order valence-corrected chi connectivity index (χ0v) is 18.0. The van der Waals surface area contributed by atoms with E-state index in [9.17, 15) is 9.59 Å². The number of nitrogens with one attached hydrogen (secondary N) is 2. The molecule has 0 fully saturated rings.